The van der Waals surface area contributed by atoms with Crippen LogP contribution >= 0.6 is 15.9 Å². The lowest BCUT2D eigenvalue weighted by Crippen LogP contribution is -2.34. The molecule has 2 nitrogen and oxygen atoms in total. The van der Waals surface area contributed by atoms with Crippen LogP contribution in [-0.4, -0.2) is 13.6 Å². The molecular weight excluding hydrogens is 276 g/mol. The highest BCUT2D eigenvalue weighted by Gasteiger charge is 2.29. The van der Waals surface area contributed by atoms with Crippen molar-refractivity contribution in [2.45, 2.75) is 33.2 Å². The lowest BCUT2D eigenvalue weighted by Gasteiger charge is -2.35. The molecule has 3 heteroatoms. The van der Waals surface area contributed by atoms with Gasteiger partial charge in [-0.15, -0.1) is 0 Å². The number of rotatable bonds is 5. The molecule has 0 heterocycles. The van der Waals surface area contributed by atoms with Crippen LogP contribution in [0.5, 0.6) is 0 Å². The maximum Gasteiger partial charge on any atom is 0.0372 e. The largest absolute Gasteiger partial charge is 0.330 e. The number of halogens is 1. The first-order valence-electron chi connectivity index (χ1n) is 6.05. The molecule has 17 heavy (non-hydrogen) atoms. The van der Waals surface area contributed by atoms with Gasteiger partial charge >= 0.3 is 0 Å². The van der Waals surface area contributed by atoms with E-state index in [-0.39, 0.29) is 5.41 Å². The molecule has 1 rings (SSSR count). The van der Waals surface area contributed by atoms with E-state index in [4.69, 9.17) is 5.73 Å². The molecule has 1 unspecified atom stereocenters. The van der Waals surface area contributed by atoms with Crippen molar-refractivity contribution < 1.29 is 0 Å². The summed E-state index contributed by atoms with van der Waals surface area (Å²) in [6.45, 7) is 7.41. The molecule has 0 spiro atoms. The van der Waals surface area contributed by atoms with Crippen molar-refractivity contribution in [3.8, 4) is 0 Å². The third kappa shape index (κ3) is 3.54. The fraction of sp³-hybridized carbons (Fsp3) is 0.571. The molecule has 0 saturated carbocycles. The minimum Gasteiger partial charge on any atom is -0.330 e. The second-order valence-electron chi connectivity index (χ2n) is 5.25. The van der Waals surface area contributed by atoms with Crippen LogP contribution < -0.4 is 11.1 Å². The molecule has 1 aromatic rings. The standard InChI is InChI=1S/C14H23BrN2/c1-10-5-6-11(15)9-12(10)13(17-4)14(2,3)7-8-16/h5-6,9,13,17H,7-8,16H2,1-4H3. The quantitative estimate of drug-likeness (QED) is 0.874. The van der Waals surface area contributed by atoms with Gasteiger partial charge < -0.3 is 11.1 Å². The van der Waals surface area contributed by atoms with Crippen molar-refractivity contribution in [3.05, 3.63) is 33.8 Å². The Balaban J connectivity index is 3.13. The van der Waals surface area contributed by atoms with E-state index < -0.39 is 0 Å². The first kappa shape index (κ1) is 14.7. The fourth-order valence-electron chi connectivity index (χ4n) is 2.41. The Labute approximate surface area is 113 Å². The molecule has 0 aromatic heterocycles. The van der Waals surface area contributed by atoms with Crippen LogP contribution in [-0.2, 0) is 0 Å². The highest BCUT2D eigenvalue weighted by atomic mass is 79.9. The third-order valence-electron chi connectivity index (χ3n) is 3.41. The zero-order chi connectivity index (χ0) is 13.1. The Morgan fingerprint density at radius 3 is 2.59 bits per heavy atom. The van der Waals surface area contributed by atoms with Crippen LogP contribution in [0.15, 0.2) is 22.7 Å². The van der Waals surface area contributed by atoms with Gasteiger partial charge in [-0.2, -0.15) is 0 Å². The van der Waals surface area contributed by atoms with Gasteiger partial charge in [0.05, 0.1) is 0 Å². The van der Waals surface area contributed by atoms with Crippen LogP contribution in [0, 0.1) is 12.3 Å². The smallest absolute Gasteiger partial charge is 0.0372 e. The van der Waals surface area contributed by atoms with E-state index in [9.17, 15) is 0 Å². The number of nitrogens with two attached hydrogens (primary N) is 1. The van der Waals surface area contributed by atoms with Crippen molar-refractivity contribution in [2.24, 2.45) is 11.1 Å². The summed E-state index contributed by atoms with van der Waals surface area (Å²) in [7, 11) is 2.02. The minimum atomic E-state index is 0.148. The SMILES string of the molecule is CNC(c1cc(Br)ccc1C)C(C)(C)CCN. The summed E-state index contributed by atoms with van der Waals surface area (Å²) in [4.78, 5) is 0. The van der Waals surface area contributed by atoms with Crippen molar-refractivity contribution in [3.63, 3.8) is 0 Å². The first-order chi connectivity index (χ1) is 7.92. The van der Waals surface area contributed by atoms with E-state index in [0.717, 1.165) is 17.4 Å². The number of hydrogen-bond acceptors (Lipinski definition) is 2. The molecular formula is C14H23BrN2. The van der Waals surface area contributed by atoms with Gasteiger partial charge in [-0.05, 0) is 55.6 Å². The second kappa shape index (κ2) is 5.98. The van der Waals surface area contributed by atoms with Crippen molar-refractivity contribution in [1.82, 2.24) is 5.32 Å². The Hall–Kier alpha value is -0.380. The number of aryl methyl sites for hydroxylation is 1. The molecule has 3 N–H and O–H groups in total. The van der Waals surface area contributed by atoms with Crippen molar-refractivity contribution >= 4 is 15.9 Å². The summed E-state index contributed by atoms with van der Waals surface area (Å²) in [6, 6.07) is 6.77. The van der Waals surface area contributed by atoms with Crippen LogP contribution in [0.1, 0.15) is 37.4 Å². The number of hydrogen-bond donors (Lipinski definition) is 2. The molecule has 0 aliphatic heterocycles. The maximum atomic E-state index is 5.72. The molecule has 1 atom stereocenters. The summed E-state index contributed by atoms with van der Waals surface area (Å²) in [5, 5.41) is 3.44. The zero-order valence-electron chi connectivity index (χ0n) is 11.2. The van der Waals surface area contributed by atoms with Crippen LogP contribution in [0.25, 0.3) is 0 Å². The average molecular weight is 299 g/mol. The fourth-order valence-corrected chi connectivity index (χ4v) is 2.78. The predicted octanol–water partition coefficient (Wildman–Crippen LogP) is 3.39. The highest BCUT2D eigenvalue weighted by molar-refractivity contribution is 9.10. The van der Waals surface area contributed by atoms with Gasteiger partial charge in [0.2, 0.25) is 0 Å². The maximum absolute atomic E-state index is 5.72. The van der Waals surface area contributed by atoms with E-state index >= 15 is 0 Å². The van der Waals surface area contributed by atoms with Crippen molar-refractivity contribution in [1.29, 1.82) is 0 Å². The van der Waals surface area contributed by atoms with Gasteiger partial charge in [-0.25, -0.2) is 0 Å². The number of nitrogens with one attached hydrogen (secondary N) is 1. The van der Waals surface area contributed by atoms with Gasteiger partial charge in [-0.3, -0.25) is 0 Å². The van der Waals surface area contributed by atoms with E-state index in [0.29, 0.717) is 6.04 Å². The molecule has 0 aliphatic rings. The molecule has 0 fully saturated rings. The lowest BCUT2D eigenvalue weighted by atomic mass is 9.77. The van der Waals surface area contributed by atoms with E-state index in [1.54, 1.807) is 0 Å². The van der Waals surface area contributed by atoms with Gasteiger partial charge in [0.1, 0.15) is 0 Å². The van der Waals surface area contributed by atoms with Gasteiger partial charge in [-0.1, -0.05) is 35.8 Å². The highest BCUT2D eigenvalue weighted by Crippen LogP contribution is 2.37. The molecule has 96 valence electrons. The summed E-state index contributed by atoms with van der Waals surface area (Å²) < 4.78 is 1.13. The van der Waals surface area contributed by atoms with Gasteiger partial charge in [0.15, 0.2) is 0 Å². The van der Waals surface area contributed by atoms with Crippen molar-refractivity contribution in [2.75, 3.05) is 13.6 Å². The summed E-state index contributed by atoms with van der Waals surface area (Å²) in [5.74, 6) is 0. The second-order valence-corrected chi connectivity index (χ2v) is 6.17. The molecule has 0 amide bonds. The summed E-state index contributed by atoms with van der Waals surface area (Å²) in [6.07, 6.45) is 1.00. The average Bonchev–Trinajstić information content (AvgIpc) is 2.23. The van der Waals surface area contributed by atoms with Crippen LogP contribution in [0.2, 0.25) is 0 Å². The van der Waals surface area contributed by atoms with E-state index in [1.165, 1.54) is 11.1 Å². The Kier molecular flexibility index (Phi) is 5.17. The Morgan fingerprint density at radius 2 is 2.06 bits per heavy atom. The normalized spacial score (nSPS) is 13.8. The van der Waals surface area contributed by atoms with Crippen LogP contribution in [0.3, 0.4) is 0 Å². The molecule has 0 bridgehead atoms. The van der Waals surface area contributed by atoms with E-state index in [2.05, 4.69) is 60.2 Å². The third-order valence-corrected chi connectivity index (χ3v) is 3.90. The lowest BCUT2D eigenvalue weighted by molar-refractivity contribution is 0.238. The van der Waals surface area contributed by atoms with Gasteiger partial charge in [0.25, 0.3) is 0 Å². The van der Waals surface area contributed by atoms with Crippen LogP contribution in [0.4, 0.5) is 0 Å². The van der Waals surface area contributed by atoms with Gasteiger partial charge in [0, 0.05) is 10.5 Å². The summed E-state index contributed by atoms with van der Waals surface area (Å²) in [5.41, 5.74) is 8.53. The Morgan fingerprint density at radius 1 is 1.41 bits per heavy atom. The topological polar surface area (TPSA) is 38.0 Å². The number of benzene rings is 1. The summed E-state index contributed by atoms with van der Waals surface area (Å²) >= 11 is 3.55. The molecule has 0 radical (unpaired) electrons. The molecule has 1 aromatic carbocycles. The minimum absolute atomic E-state index is 0.148. The first-order valence-corrected chi connectivity index (χ1v) is 6.85. The van der Waals surface area contributed by atoms with E-state index in [1.807, 2.05) is 7.05 Å². The predicted molar refractivity (Wildman–Crippen MR) is 78.1 cm³/mol. The Bertz CT molecular complexity index is 374. The molecule has 0 saturated heterocycles. The monoisotopic (exact) mass is 298 g/mol. The molecule has 0 aliphatic carbocycles. The zero-order valence-corrected chi connectivity index (χ0v) is 12.8.